The third kappa shape index (κ3) is 1.46. The maximum atomic E-state index is 12.7. The molecular formula is C17H19NO2. The summed E-state index contributed by atoms with van der Waals surface area (Å²) in [5, 5.41) is 0. The zero-order valence-corrected chi connectivity index (χ0v) is 11.7. The lowest BCUT2D eigenvalue weighted by Gasteiger charge is -2.24. The van der Waals surface area contributed by atoms with Gasteiger partial charge in [0.1, 0.15) is 0 Å². The Morgan fingerprint density at radius 1 is 1.00 bits per heavy atom. The van der Waals surface area contributed by atoms with E-state index in [0.717, 1.165) is 24.8 Å². The summed E-state index contributed by atoms with van der Waals surface area (Å²) in [7, 11) is 0. The summed E-state index contributed by atoms with van der Waals surface area (Å²) in [5.74, 6) is 1.09. The Labute approximate surface area is 119 Å². The third-order valence-electron chi connectivity index (χ3n) is 5.63. The predicted molar refractivity (Wildman–Crippen MR) is 74.5 cm³/mol. The molecule has 1 aromatic rings. The van der Waals surface area contributed by atoms with Crippen LogP contribution in [-0.2, 0) is 9.59 Å². The van der Waals surface area contributed by atoms with E-state index in [9.17, 15) is 9.59 Å². The Kier molecular flexibility index (Phi) is 2.53. The molecule has 1 saturated heterocycles. The van der Waals surface area contributed by atoms with Crippen molar-refractivity contribution >= 4 is 11.8 Å². The number of carbonyl (C=O) groups excluding carboxylic acids is 2. The first kappa shape index (κ1) is 12.1. The average Bonchev–Trinajstić information content (AvgIpc) is 3.14. The molecule has 2 amide bonds. The molecule has 3 nitrogen and oxygen atoms in total. The number of rotatable bonds is 2. The SMILES string of the molecule is C[C@H](c1ccccc1)N1C(=O)[C@H]2[C@H]3CC[C@@H](C3)[C@@H]2C1=O. The molecule has 0 unspecified atom stereocenters. The summed E-state index contributed by atoms with van der Waals surface area (Å²) in [6, 6.07) is 9.73. The Morgan fingerprint density at radius 3 is 2.10 bits per heavy atom. The van der Waals surface area contributed by atoms with Gasteiger partial charge >= 0.3 is 0 Å². The molecule has 1 aromatic carbocycles. The highest BCUT2D eigenvalue weighted by Crippen LogP contribution is 2.57. The minimum Gasteiger partial charge on any atom is -0.275 e. The van der Waals surface area contributed by atoms with E-state index in [1.165, 1.54) is 0 Å². The van der Waals surface area contributed by atoms with Crippen molar-refractivity contribution in [1.82, 2.24) is 4.90 Å². The molecule has 4 rings (SSSR count). The highest BCUT2D eigenvalue weighted by atomic mass is 16.2. The van der Waals surface area contributed by atoms with Gasteiger partial charge in [-0.05, 0) is 43.6 Å². The van der Waals surface area contributed by atoms with Gasteiger partial charge in [-0.25, -0.2) is 0 Å². The first-order valence-corrected chi connectivity index (χ1v) is 7.60. The lowest BCUT2D eigenvalue weighted by molar-refractivity contribution is -0.143. The van der Waals surface area contributed by atoms with Crippen molar-refractivity contribution in [3.8, 4) is 0 Å². The van der Waals surface area contributed by atoms with Crippen LogP contribution in [0, 0.1) is 23.7 Å². The number of hydrogen-bond acceptors (Lipinski definition) is 2. The minimum atomic E-state index is -0.138. The standard InChI is InChI=1S/C17H19NO2/c1-10(11-5-3-2-4-6-11)18-16(19)14-12-7-8-13(9-12)15(14)17(18)20/h2-6,10,12-15H,7-9H2,1H3/t10-,12+,13+,14+,15+/m1/s1. The molecule has 3 fully saturated rings. The second-order valence-corrected chi connectivity index (χ2v) is 6.52. The number of nitrogens with zero attached hydrogens (tertiary/aromatic N) is 1. The molecule has 104 valence electrons. The smallest absolute Gasteiger partial charge is 0.233 e. The van der Waals surface area contributed by atoms with Gasteiger partial charge in [0.15, 0.2) is 0 Å². The van der Waals surface area contributed by atoms with Gasteiger partial charge in [-0.2, -0.15) is 0 Å². The number of benzene rings is 1. The van der Waals surface area contributed by atoms with Gasteiger partial charge in [0.05, 0.1) is 17.9 Å². The van der Waals surface area contributed by atoms with Gasteiger partial charge in [-0.15, -0.1) is 0 Å². The molecule has 2 saturated carbocycles. The van der Waals surface area contributed by atoms with Crippen LogP contribution in [0.5, 0.6) is 0 Å². The van der Waals surface area contributed by atoms with E-state index in [0.29, 0.717) is 11.8 Å². The maximum Gasteiger partial charge on any atom is 0.233 e. The first-order chi connectivity index (χ1) is 9.68. The fourth-order valence-electron chi connectivity index (χ4n) is 4.69. The minimum absolute atomic E-state index is 0.00703. The predicted octanol–water partition coefficient (Wildman–Crippen LogP) is 2.78. The quantitative estimate of drug-likeness (QED) is 0.774. The van der Waals surface area contributed by atoms with Crippen molar-refractivity contribution in [3.05, 3.63) is 35.9 Å². The van der Waals surface area contributed by atoms with Gasteiger partial charge in [0.2, 0.25) is 11.8 Å². The first-order valence-electron chi connectivity index (χ1n) is 7.60. The van der Waals surface area contributed by atoms with Gasteiger partial charge in [0.25, 0.3) is 0 Å². The van der Waals surface area contributed by atoms with Crippen LogP contribution in [0.25, 0.3) is 0 Å². The van der Waals surface area contributed by atoms with Crippen molar-refractivity contribution < 1.29 is 9.59 Å². The number of fused-ring (bicyclic) bond motifs is 5. The number of imide groups is 1. The molecule has 0 aromatic heterocycles. The van der Waals surface area contributed by atoms with Crippen LogP contribution in [0.1, 0.15) is 37.8 Å². The van der Waals surface area contributed by atoms with Gasteiger partial charge in [-0.3, -0.25) is 14.5 Å². The van der Waals surface area contributed by atoms with E-state index < -0.39 is 0 Å². The number of carbonyl (C=O) groups is 2. The normalized spacial score (nSPS) is 36.5. The highest BCUT2D eigenvalue weighted by molar-refractivity contribution is 6.06. The molecule has 1 aliphatic heterocycles. The molecule has 2 aliphatic carbocycles. The van der Waals surface area contributed by atoms with E-state index in [2.05, 4.69) is 0 Å². The van der Waals surface area contributed by atoms with E-state index in [1.807, 2.05) is 37.3 Å². The topological polar surface area (TPSA) is 37.4 Å². The molecule has 2 bridgehead atoms. The molecule has 0 spiro atoms. The molecule has 0 radical (unpaired) electrons. The summed E-state index contributed by atoms with van der Waals surface area (Å²) in [6.45, 7) is 1.97. The molecule has 3 aliphatic rings. The van der Waals surface area contributed by atoms with Crippen LogP contribution in [0.4, 0.5) is 0 Å². The zero-order chi connectivity index (χ0) is 13.9. The molecule has 3 heteroatoms. The van der Waals surface area contributed by atoms with E-state index in [-0.39, 0.29) is 29.7 Å². The molecule has 1 heterocycles. The van der Waals surface area contributed by atoms with Crippen LogP contribution in [0.15, 0.2) is 30.3 Å². The largest absolute Gasteiger partial charge is 0.275 e. The van der Waals surface area contributed by atoms with Crippen molar-refractivity contribution in [2.24, 2.45) is 23.7 Å². The summed E-state index contributed by atoms with van der Waals surface area (Å²) < 4.78 is 0. The number of likely N-dealkylation sites (tertiary alicyclic amines) is 1. The molecule has 20 heavy (non-hydrogen) atoms. The number of amides is 2. The van der Waals surface area contributed by atoms with Crippen molar-refractivity contribution in [3.63, 3.8) is 0 Å². The van der Waals surface area contributed by atoms with E-state index in [4.69, 9.17) is 0 Å². The molecule has 5 atom stereocenters. The Balaban J connectivity index is 1.67. The van der Waals surface area contributed by atoms with Gasteiger partial charge in [-0.1, -0.05) is 30.3 Å². The zero-order valence-electron chi connectivity index (χ0n) is 11.7. The second-order valence-electron chi connectivity index (χ2n) is 6.52. The summed E-state index contributed by atoms with van der Waals surface area (Å²) in [5.41, 5.74) is 1.04. The third-order valence-corrected chi connectivity index (χ3v) is 5.63. The fraction of sp³-hybridized carbons (Fsp3) is 0.529. The van der Waals surface area contributed by atoms with Crippen LogP contribution >= 0.6 is 0 Å². The Bertz CT molecular complexity index is 540. The lowest BCUT2D eigenvalue weighted by Crippen LogP contribution is -2.35. The van der Waals surface area contributed by atoms with Gasteiger partial charge in [0, 0.05) is 0 Å². The average molecular weight is 269 g/mol. The monoisotopic (exact) mass is 269 g/mol. The molecule has 0 N–H and O–H groups in total. The lowest BCUT2D eigenvalue weighted by atomic mass is 9.81. The van der Waals surface area contributed by atoms with Gasteiger partial charge < -0.3 is 0 Å². The fourth-order valence-corrected chi connectivity index (χ4v) is 4.69. The highest BCUT2D eigenvalue weighted by Gasteiger charge is 2.61. The van der Waals surface area contributed by atoms with E-state index in [1.54, 1.807) is 4.90 Å². The Morgan fingerprint density at radius 2 is 1.55 bits per heavy atom. The van der Waals surface area contributed by atoms with Crippen LogP contribution in [0.2, 0.25) is 0 Å². The van der Waals surface area contributed by atoms with E-state index >= 15 is 0 Å². The second kappa shape index (κ2) is 4.18. The van der Waals surface area contributed by atoms with Crippen LogP contribution < -0.4 is 0 Å². The molecular weight excluding hydrogens is 250 g/mol. The number of hydrogen-bond donors (Lipinski definition) is 0. The van der Waals surface area contributed by atoms with Crippen LogP contribution in [-0.4, -0.2) is 16.7 Å². The Hall–Kier alpha value is -1.64. The van der Waals surface area contributed by atoms with Crippen molar-refractivity contribution in [1.29, 1.82) is 0 Å². The van der Waals surface area contributed by atoms with Crippen LogP contribution in [0.3, 0.4) is 0 Å². The van der Waals surface area contributed by atoms with Crippen molar-refractivity contribution in [2.45, 2.75) is 32.2 Å². The summed E-state index contributed by atoms with van der Waals surface area (Å²) in [6.07, 6.45) is 3.37. The maximum absolute atomic E-state index is 12.7. The summed E-state index contributed by atoms with van der Waals surface area (Å²) >= 11 is 0. The van der Waals surface area contributed by atoms with Crippen molar-refractivity contribution in [2.75, 3.05) is 0 Å². The summed E-state index contributed by atoms with van der Waals surface area (Å²) in [4.78, 5) is 27.0.